The van der Waals surface area contributed by atoms with E-state index in [1.807, 2.05) is 0 Å². The predicted octanol–water partition coefficient (Wildman–Crippen LogP) is 12.0. The third kappa shape index (κ3) is 40.7. The maximum Gasteiger partial charge on any atom is 0.472 e. The zero-order valence-electron chi connectivity index (χ0n) is 34.4. The van der Waals surface area contributed by atoms with Crippen LogP contribution in [0.25, 0.3) is 0 Å². The first kappa shape index (κ1) is 52.2. The molecule has 9 nitrogen and oxygen atoms in total. The average molecular weight is 790 g/mol. The predicted molar refractivity (Wildman–Crippen MR) is 229 cm³/mol. The molecule has 0 aromatic carbocycles. The molecule has 0 aliphatic rings. The summed E-state index contributed by atoms with van der Waals surface area (Å²) in [7, 11) is -4.39. The van der Waals surface area contributed by atoms with Crippen molar-refractivity contribution in [1.82, 2.24) is 0 Å². The van der Waals surface area contributed by atoms with Crippen LogP contribution in [0.5, 0.6) is 0 Å². The molecule has 0 heterocycles. The highest BCUT2D eigenvalue weighted by atomic mass is 31.2. The van der Waals surface area contributed by atoms with E-state index in [4.69, 9.17) is 24.3 Å². The molecular formula is C45H76NO8P. The Bertz CT molecular complexity index is 1170. The Morgan fingerprint density at radius 2 is 1.00 bits per heavy atom. The normalized spacial score (nSPS) is 14.2. The molecule has 0 radical (unpaired) electrons. The van der Waals surface area contributed by atoms with Crippen LogP contribution in [0.15, 0.2) is 85.1 Å². The standard InChI is InChI=1S/C45H76NO8P/c1-3-5-7-9-11-13-15-17-19-20-21-22-24-25-27-29-31-33-35-37-44(47)51-41-43(42-53-55(49,50)52-40-39-46)54-45(48)38-36-34-32-30-28-26-23-18-16-14-12-10-8-6-4-2/h6,8,11-14,17-19,21-23,25,27,43H,3-5,7,9-10,15-16,20,24,26,28-42,46H2,1-2H3,(H,49,50). The third-order valence-corrected chi connectivity index (χ3v) is 9.25. The molecule has 314 valence electrons. The topological polar surface area (TPSA) is 134 Å². The first-order chi connectivity index (χ1) is 26.8. The zero-order chi connectivity index (χ0) is 40.3. The highest BCUT2D eigenvalue weighted by molar-refractivity contribution is 7.47. The Balaban J connectivity index is 4.28. The number of ether oxygens (including phenoxy) is 2. The number of nitrogens with two attached hydrogens (primary N) is 1. The Morgan fingerprint density at radius 1 is 0.564 bits per heavy atom. The van der Waals surface area contributed by atoms with Crippen molar-refractivity contribution in [2.24, 2.45) is 5.73 Å². The molecule has 0 aromatic heterocycles. The number of hydrogen-bond acceptors (Lipinski definition) is 8. The molecule has 3 N–H and O–H groups in total. The fourth-order valence-electron chi connectivity index (χ4n) is 5.16. The number of carbonyl (C=O) groups is 2. The third-order valence-electron chi connectivity index (χ3n) is 8.27. The molecule has 0 aromatic rings. The lowest BCUT2D eigenvalue weighted by Gasteiger charge is -2.19. The van der Waals surface area contributed by atoms with Crippen molar-refractivity contribution in [3.05, 3.63) is 85.1 Å². The quantitative estimate of drug-likeness (QED) is 0.0271. The van der Waals surface area contributed by atoms with E-state index in [1.54, 1.807) is 0 Å². The molecular weight excluding hydrogens is 713 g/mol. The van der Waals surface area contributed by atoms with Crippen molar-refractivity contribution in [2.45, 2.75) is 161 Å². The fraction of sp³-hybridized carbons (Fsp3) is 0.644. The maximum absolute atomic E-state index is 12.6. The Labute approximate surface area is 334 Å². The van der Waals surface area contributed by atoms with E-state index in [0.717, 1.165) is 89.9 Å². The average Bonchev–Trinajstić information content (AvgIpc) is 3.17. The second-order valence-electron chi connectivity index (χ2n) is 13.5. The summed E-state index contributed by atoms with van der Waals surface area (Å²) in [6.07, 6.45) is 50.4. The van der Waals surface area contributed by atoms with Crippen LogP contribution in [0.2, 0.25) is 0 Å². The van der Waals surface area contributed by atoms with E-state index >= 15 is 0 Å². The summed E-state index contributed by atoms with van der Waals surface area (Å²) in [4.78, 5) is 34.8. The van der Waals surface area contributed by atoms with Gasteiger partial charge in [-0.05, 0) is 89.9 Å². The summed E-state index contributed by atoms with van der Waals surface area (Å²) in [5.41, 5.74) is 5.34. The van der Waals surface area contributed by atoms with Gasteiger partial charge in [-0.2, -0.15) is 0 Å². The van der Waals surface area contributed by atoms with Gasteiger partial charge < -0.3 is 20.1 Å². The van der Waals surface area contributed by atoms with Gasteiger partial charge in [-0.1, -0.05) is 137 Å². The number of allylic oxidation sites excluding steroid dienone is 14. The minimum Gasteiger partial charge on any atom is -0.462 e. The van der Waals surface area contributed by atoms with Crippen LogP contribution in [-0.4, -0.2) is 49.3 Å². The minimum atomic E-state index is -4.39. The van der Waals surface area contributed by atoms with Gasteiger partial charge in [-0.3, -0.25) is 18.6 Å². The molecule has 0 spiro atoms. The van der Waals surface area contributed by atoms with Crippen LogP contribution < -0.4 is 5.73 Å². The Hall–Kier alpha value is -2.81. The van der Waals surface area contributed by atoms with E-state index in [9.17, 15) is 19.0 Å². The van der Waals surface area contributed by atoms with Crippen molar-refractivity contribution in [3.8, 4) is 0 Å². The van der Waals surface area contributed by atoms with Crippen molar-refractivity contribution in [1.29, 1.82) is 0 Å². The summed E-state index contributed by atoms with van der Waals surface area (Å²) < 4.78 is 32.7. The van der Waals surface area contributed by atoms with Gasteiger partial charge in [-0.25, -0.2) is 4.57 Å². The van der Waals surface area contributed by atoms with Crippen LogP contribution in [0.3, 0.4) is 0 Å². The summed E-state index contributed by atoms with van der Waals surface area (Å²) in [6, 6.07) is 0. The lowest BCUT2D eigenvalue weighted by Crippen LogP contribution is -2.29. The van der Waals surface area contributed by atoms with Crippen molar-refractivity contribution in [3.63, 3.8) is 0 Å². The molecule has 2 atom stereocenters. The van der Waals surface area contributed by atoms with Crippen LogP contribution >= 0.6 is 7.82 Å². The Kier molecular flexibility index (Phi) is 38.8. The Morgan fingerprint density at radius 3 is 1.51 bits per heavy atom. The molecule has 10 heteroatoms. The van der Waals surface area contributed by atoms with Crippen LogP contribution in [0, 0.1) is 0 Å². The van der Waals surface area contributed by atoms with Gasteiger partial charge in [-0.15, -0.1) is 0 Å². The first-order valence-corrected chi connectivity index (χ1v) is 22.6. The zero-order valence-corrected chi connectivity index (χ0v) is 35.3. The summed E-state index contributed by atoms with van der Waals surface area (Å²) >= 11 is 0. The van der Waals surface area contributed by atoms with Gasteiger partial charge in [0.25, 0.3) is 0 Å². The molecule has 2 unspecified atom stereocenters. The van der Waals surface area contributed by atoms with Crippen LogP contribution in [-0.2, 0) is 32.7 Å². The monoisotopic (exact) mass is 790 g/mol. The summed E-state index contributed by atoms with van der Waals surface area (Å²) in [5, 5.41) is 0. The number of phosphoric acid groups is 1. The van der Waals surface area contributed by atoms with E-state index in [0.29, 0.717) is 12.8 Å². The number of rotatable bonds is 38. The fourth-order valence-corrected chi connectivity index (χ4v) is 5.92. The van der Waals surface area contributed by atoms with Crippen LogP contribution in [0.4, 0.5) is 0 Å². The van der Waals surface area contributed by atoms with Crippen molar-refractivity contribution < 1.29 is 37.6 Å². The molecule has 55 heavy (non-hydrogen) atoms. The van der Waals surface area contributed by atoms with Gasteiger partial charge in [0.05, 0.1) is 13.2 Å². The van der Waals surface area contributed by atoms with Gasteiger partial charge in [0.1, 0.15) is 6.61 Å². The maximum atomic E-state index is 12.6. The van der Waals surface area contributed by atoms with E-state index in [2.05, 4.69) is 98.9 Å². The number of phosphoric ester groups is 1. The summed E-state index contributed by atoms with van der Waals surface area (Å²) in [5.74, 6) is -0.894. The highest BCUT2D eigenvalue weighted by Gasteiger charge is 2.25. The van der Waals surface area contributed by atoms with Gasteiger partial charge in [0, 0.05) is 19.4 Å². The lowest BCUT2D eigenvalue weighted by atomic mass is 10.1. The van der Waals surface area contributed by atoms with Crippen molar-refractivity contribution >= 4 is 19.8 Å². The van der Waals surface area contributed by atoms with Gasteiger partial charge in [0.2, 0.25) is 0 Å². The number of esters is 2. The van der Waals surface area contributed by atoms with Gasteiger partial charge >= 0.3 is 19.8 Å². The largest absolute Gasteiger partial charge is 0.472 e. The molecule has 0 aliphatic heterocycles. The van der Waals surface area contributed by atoms with E-state index in [1.165, 1.54) is 25.7 Å². The second-order valence-corrected chi connectivity index (χ2v) is 14.9. The molecule has 0 saturated heterocycles. The molecule has 0 fully saturated rings. The SMILES string of the molecule is CCC=CCC=CCC=CCCCCCCCC(=O)OC(COC(=O)CCCCCC=CCC=CCC=CCC=CCCCCC)COP(=O)(O)OCCN. The molecule has 0 aliphatic carbocycles. The molecule has 0 rings (SSSR count). The number of hydrogen-bond donors (Lipinski definition) is 2. The lowest BCUT2D eigenvalue weighted by molar-refractivity contribution is -0.161. The molecule has 0 amide bonds. The van der Waals surface area contributed by atoms with E-state index in [-0.39, 0.29) is 32.6 Å². The highest BCUT2D eigenvalue weighted by Crippen LogP contribution is 2.43. The smallest absolute Gasteiger partial charge is 0.462 e. The first-order valence-electron chi connectivity index (χ1n) is 21.1. The minimum absolute atomic E-state index is 0.0409. The number of carbonyl (C=O) groups excluding carboxylic acids is 2. The molecule has 0 bridgehead atoms. The number of unbranched alkanes of at least 4 members (excludes halogenated alkanes) is 11. The second kappa shape index (κ2) is 40.8. The molecule has 0 saturated carbocycles. The van der Waals surface area contributed by atoms with Crippen LogP contribution in [0.1, 0.15) is 155 Å². The van der Waals surface area contributed by atoms with Gasteiger partial charge in [0.15, 0.2) is 6.10 Å². The van der Waals surface area contributed by atoms with E-state index < -0.39 is 32.5 Å². The summed E-state index contributed by atoms with van der Waals surface area (Å²) in [6.45, 7) is 3.51. The van der Waals surface area contributed by atoms with Crippen molar-refractivity contribution in [2.75, 3.05) is 26.4 Å².